The topological polar surface area (TPSA) is 49.9 Å². The molecule has 2 fully saturated rings. The van der Waals surface area contributed by atoms with Crippen molar-refractivity contribution >= 4 is 23.4 Å². The molecular formula is C21H29ClN2O3. The zero-order valence-corrected chi connectivity index (χ0v) is 16.8. The van der Waals surface area contributed by atoms with Crippen LogP contribution in [-0.4, -0.2) is 61.0 Å². The Balaban J connectivity index is 1.44. The number of carbonyl (C=O) groups is 2. The second kappa shape index (κ2) is 9.56. The van der Waals surface area contributed by atoms with Crippen LogP contribution in [0.4, 0.5) is 0 Å². The molecule has 0 bridgehead atoms. The zero-order chi connectivity index (χ0) is 19.2. The van der Waals surface area contributed by atoms with Gasteiger partial charge in [0, 0.05) is 43.7 Å². The molecule has 1 atom stereocenters. The second-order valence-corrected chi connectivity index (χ2v) is 8.00. The van der Waals surface area contributed by atoms with Crippen LogP contribution in [0.25, 0.3) is 0 Å². The van der Waals surface area contributed by atoms with Crippen LogP contribution < -0.4 is 0 Å². The predicted molar refractivity (Wildman–Crippen MR) is 106 cm³/mol. The summed E-state index contributed by atoms with van der Waals surface area (Å²) in [4.78, 5) is 28.8. The molecule has 2 heterocycles. The lowest BCUT2D eigenvalue weighted by molar-refractivity contribution is -0.142. The summed E-state index contributed by atoms with van der Waals surface area (Å²) in [6.07, 6.45) is 3.56. The van der Waals surface area contributed by atoms with E-state index in [9.17, 15) is 9.59 Å². The molecule has 148 valence electrons. The van der Waals surface area contributed by atoms with E-state index in [0.717, 1.165) is 43.8 Å². The number of hydrogen-bond acceptors (Lipinski definition) is 3. The number of benzene rings is 1. The van der Waals surface area contributed by atoms with Gasteiger partial charge in [-0.1, -0.05) is 23.7 Å². The average molecular weight is 393 g/mol. The van der Waals surface area contributed by atoms with Crippen LogP contribution in [0.2, 0.25) is 5.02 Å². The molecule has 3 rings (SSSR count). The number of ether oxygens (including phenoxy) is 1. The summed E-state index contributed by atoms with van der Waals surface area (Å²) in [5.41, 5.74) is 1.28. The first-order valence-corrected chi connectivity index (χ1v) is 10.3. The van der Waals surface area contributed by atoms with Gasteiger partial charge in [-0.15, -0.1) is 0 Å². The van der Waals surface area contributed by atoms with Gasteiger partial charge in [0.1, 0.15) is 6.61 Å². The number of hydrogen-bond donors (Lipinski definition) is 0. The standard InChI is InChI=1S/C21H29ClN2O3/c1-2-27-15-20(25)23-11-8-18(9-12-23)21(26)24-10-7-17(14-24)13-16-3-5-19(22)6-4-16/h3-6,17-18H,2,7-15H2,1H3. The molecule has 0 radical (unpaired) electrons. The molecule has 0 aliphatic carbocycles. The molecule has 0 N–H and O–H groups in total. The minimum atomic E-state index is 0.0342. The Labute approximate surface area is 166 Å². The maximum Gasteiger partial charge on any atom is 0.248 e. The first kappa shape index (κ1) is 20.2. The molecule has 6 heteroatoms. The number of rotatable bonds is 6. The van der Waals surface area contributed by atoms with Crippen LogP contribution in [-0.2, 0) is 20.7 Å². The van der Waals surface area contributed by atoms with Crippen molar-refractivity contribution < 1.29 is 14.3 Å². The number of likely N-dealkylation sites (tertiary alicyclic amines) is 2. The molecule has 1 unspecified atom stereocenters. The molecule has 2 aliphatic heterocycles. The smallest absolute Gasteiger partial charge is 0.248 e. The minimum Gasteiger partial charge on any atom is -0.372 e. The molecular weight excluding hydrogens is 364 g/mol. The summed E-state index contributed by atoms with van der Waals surface area (Å²) in [5, 5.41) is 0.757. The molecule has 0 spiro atoms. The van der Waals surface area contributed by atoms with Crippen LogP contribution in [0, 0.1) is 11.8 Å². The van der Waals surface area contributed by atoms with Gasteiger partial charge in [-0.3, -0.25) is 9.59 Å². The van der Waals surface area contributed by atoms with Crippen molar-refractivity contribution in [2.24, 2.45) is 11.8 Å². The van der Waals surface area contributed by atoms with Crippen LogP contribution in [0.1, 0.15) is 31.7 Å². The highest BCUT2D eigenvalue weighted by atomic mass is 35.5. The van der Waals surface area contributed by atoms with Crippen molar-refractivity contribution in [3.63, 3.8) is 0 Å². The number of carbonyl (C=O) groups excluding carboxylic acids is 2. The summed E-state index contributed by atoms with van der Waals surface area (Å²) in [5.74, 6) is 0.871. The number of amides is 2. The Morgan fingerprint density at radius 2 is 1.74 bits per heavy atom. The minimum absolute atomic E-state index is 0.0342. The number of nitrogens with zero attached hydrogens (tertiary/aromatic N) is 2. The predicted octanol–water partition coefficient (Wildman–Crippen LogP) is 3.01. The zero-order valence-electron chi connectivity index (χ0n) is 16.0. The highest BCUT2D eigenvalue weighted by Gasteiger charge is 2.33. The quantitative estimate of drug-likeness (QED) is 0.747. The molecule has 2 saturated heterocycles. The summed E-state index contributed by atoms with van der Waals surface area (Å²) in [6.45, 7) is 5.58. The first-order valence-electron chi connectivity index (χ1n) is 9.95. The number of piperidine rings is 1. The number of halogens is 1. The van der Waals surface area contributed by atoms with Crippen LogP contribution in [0.5, 0.6) is 0 Å². The molecule has 27 heavy (non-hydrogen) atoms. The summed E-state index contributed by atoms with van der Waals surface area (Å²) in [7, 11) is 0. The van der Waals surface area contributed by atoms with E-state index in [1.807, 2.05) is 28.9 Å². The van der Waals surface area contributed by atoms with Gasteiger partial charge in [0.15, 0.2) is 0 Å². The molecule has 2 amide bonds. The maximum atomic E-state index is 12.9. The van der Waals surface area contributed by atoms with Gasteiger partial charge in [-0.05, 0) is 56.2 Å². The summed E-state index contributed by atoms with van der Waals surface area (Å²) >= 11 is 5.95. The molecule has 0 saturated carbocycles. The highest BCUT2D eigenvalue weighted by Crippen LogP contribution is 2.26. The largest absolute Gasteiger partial charge is 0.372 e. The third-order valence-electron chi connectivity index (χ3n) is 5.66. The lowest BCUT2D eigenvalue weighted by atomic mass is 9.95. The van der Waals surface area contributed by atoms with E-state index in [0.29, 0.717) is 25.6 Å². The molecule has 5 nitrogen and oxygen atoms in total. The van der Waals surface area contributed by atoms with Gasteiger partial charge < -0.3 is 14.5 Å². The van der Waals surface area contributed by atoms with Crippen molar-refractivity contribution in [3.05, 3.63) is 34.9 Å². The van der Waals surface area contributed by atoms with Crippen molar-refractivity contribution in [1.29, 1.82) is 0 Å². The fourth-order valence-electron chi connectivity index (χ4n) is 4.07. The van der Waals surface area contributed by atoms with E-state index < -0.39 is 0 Å². The van der Waals surface area contributed by atoms with E-state index in [1.54, 1.807) is 0 Å². The monoisotopic (exact) mass is 392 g/mol. The highest BCUT2D eigenvalue weighted by molar-refractivity contribution is 6.30. The average Bonchev–Trinajstić information content (AvgIpc) is 3.16. The van der Waals surface area contributed by atoms with Crippen molar-refractivity contribution in [3.8, 4) is 0 Å². The lowest BCUT2D eigenvalue weighted by Gasteiger charge is -2.33. The SMILES string of the molecule is CCOCC(=O)N1CCC(C(=O)N2CCC(Cc3ccc(Cl)cc3)C2)CC1. The Bertz CT molecular complexity index is 641. The van der Waals surface area contributed by atoms with Gasteiger partial charge in [-0.2, -0.15) is 0 Å². The van der Waals surface area contributed by atoms with Gasteiger partial charge in [0.2, 0.25) is 11.8 Å². The van der Waals surface area contributed by atoms with Gasteiger partial charge in [-0.25, -0.2) is 0 Å². The van der Waals surface area contributed by atoms with Gasteiger partial charge in [0.05, 0.1) is 0 Å². The van der Waals surface area contributed by atoms with Crippen LogP contribution in [0.3, 0.4) is 0 Å². The van der Waals surface area contributed by atoms with Crippen molar-refractivity contribution in [2.75, 3.05) is 39.4 Å². The normalized spacial score (nSPS) is 20.9. The summed E-state index contributed by atoms with van der Waals surface area (Å²) in [6, 6.07) is 7.99. The van der Waals surface area contributed by atoms with Crippen molar-refractivity contribution in [1.82, 2.24) is 9.80 Å². The third-order valence-corrected chi connectivity index (χ3v) is 5.91. The van der Waals surface area contributed by atoms with E-state index >= 15 is 0 Å². The fraction of sp³-hybridized carbons (Fsp3) is 0.619. The Kier molecular flexibility index (Phi) is 7.13. The van der Waals surface area contributed by atoms with Gasteiger partial charge in [0.25, 0.3) is 0 Å². The maximum absolute atomic E-state index is 12.9. The second-order valence-electron chi connectivity index (χ2n) is 7.56. The molecule has 1 aromatic carbocycles. The molecule has 1 aromatic rings. The third kappa shape index (κ3) is 5.45. The Morgan fingerprint density at radius 1 is 1.07 bits per heavy atom. The van der Waals surface area contributed by atoms with Gasteiger partial charge >= 0.3 is 0 Å². The first-order chi connectivity index (χ1) is 13.1. The van der Waals surface area contributed by atoms with Crippen molar-refractivity contribution in [2.45, 2.75) is 32.6 Å². The molecule has 0 aromatic heterocycles. The fourth-order valence-corrected chi connectivity index (χ4v) is 4.19. The van der Waals surface area contributed by atoms with Crippen LogP contribution in [0.15, 0.2) is 24.3 Å². The Hall–Kier alpha value is -1.59. The van der Waals surface area contributed by atoms with E-state index in [4.69, 9.17) is 16.3 Å². The lowest BCUT2D eigenvalue weighted by Crippen LogP contribution is -2.45. The van der Waals surface area contributed by atoms with Crippen LogP contribution >= 0.6 is 11.6 Å². The van der Waals surface area contributed by atoms with E-state index in [1.165, 1.54) is 5.56 Å². The van der Waals surface area contributed by atoms with E-state index in [-0.39, 0.29) is 24.3 Å². The molecule has 2 aliphatic rings. The Morgan fingerprint density at radius 3 is 2.41 bits per heavy atom. The van der Waals surface area contributed by atoms with E-state index in [2.05, 4.69) is 12.1 Å². The summed E-state index contributed by atoms with van der Waals surface area (Å²) < 4.78 is 5.20.